The molecule has 0 radical (unpaired) electrons. The Morgan fingerprint density at radius 3 is 2.69 bits per heavy atom. The van der Waals surface area contributed by atoms with Gasteiger partial charge in [0, 0.05) is 6.54 Å². The van der Waals surface area contributed by atoms with Crippen molar-refractivity contribution in [2.75, 3.05) is 12.3 Å². The van der Waals surface area contributed by atoms with E-state index in [1.807, 2.05) is 0 Å². The summed E-state index contributed by atoms with van der Waals surface area (Å²) in [5, 5.41) is 10.6. The second-order valence-corrected chi connectivity index (χ2v) is 5.20. The highest BCUT2D eigenvalue weighted by Gasteiger charge is 2.33. The second-order valence-electron chi connectivity index (χ2n) is 2.99. The summed E-state index contributed by atoms with van der Waals surface area (Å²) in [6.07, 6.45) is 0.958. The minimum Gasteiger partial charge on any atom is -0.548 e. The predicted octanol–water partition coefficient (Wildman–Crippen LogP) is -1.45. The minimum atomic E-state index is -3.38. The van der Waals surface area contributed by atoms with Gasteiger partial charge in [-0.25, -0.2) is 8.42 Å². The summed E-state index contributed by atoms with van der Waals surface area (Å²) in [6.45, 7) is 1.80. The number of carboxylic acid groups (broad SMARTS) is 1. The van der Waals surface area contributed by atoms with Gasteiger partial charge < -0.3 is 9.90 Å². The van der Waals surface area contributed by atoms with E-state index < -0.39 is 22.0 Å². The van der Waals surface area contributed by atoms with Crippen molar-refractivity contribution in [3.8, 4) is 0 Å². The Labute approximate surface area is 77.4 Å². The average molecular weight is 206 g/mol. The summed E-state index contributed by atoms with van der Waals surface area (Å²) < 4.78 is 23.7. The number of carboxylic acids is 1. The number of aliphatic carboxylic acids is 1. The molecule has 1 aliphatic rings. The Hall–Kier alpha value is -0.620. The zero-order valence-corrected chi connectivity index (χ0v) is 8.21. The molecule has 0 aromatic carbocycles. The summed E-state index contributed by atoms with van der Waals surface area (Å²) in [5.74, 6) is -1.36. The van der Waals surface area contributed by atoms with Gasteiger partial charge in [-0.1, -0.05) is 0 Å². The Balaban J connectivity index is 2.86. The molecule has 0 bridgehead atoms. The predicted molar refractivity (Wildman–Crippen MR) is 44.2 cm³/mol. The topological polar surface area (TPSA) is 77.5 Å². The fourth-order valence-corrected chi connectivity index (χ4v) is 2.79. The number of nitrogens with zero attached hydrogens (tertiary/aromatic N) is 1. The number of carbonyl (C=O) groups is 1. The lowest BCUT2D eigenvalue weighted by Gasteiger charge is -2.23. The summed E-state index contributed by atoms with van der Waals surface area (Å²) in [5.41, 5.74) is 0. The summed E-state index contributed by atoms with van der Waals surface area (Å²) in [6, 6.07) is -0.954. The molecule has 0 aromatic rings. The second kappa shape index (κ2) is 3.63. The van der Waals surface area contributed by atoms with Crippen molar-refractivity contribution in [3.63, 3.8) is 0 Å². The fraction of sp³-hybridized carbons (Fsp3) is 0.857. The zero-order chi connectivity index (χ0) is 10.1. The number of rotatable bonds is 3. The molecule has 1 heterocycles. The first kappa shape index (κ1) is 10.5. The molecule has 76 valence electrons. The third kappa shape index (κ3) is 2.00. The van der Waals surface area contributed by atoms with Gasteiger partial charge >= 0.3 is 0 Å². The van der Waals surface area contributed by atoms with Crippen LogP contribution in [0.4, 0.5) is 0 Å². The molecule has 0 N–H and O–H groups in total. The van der Waals surface area contributed by atoms with Gasteiger partial charge in [0.2, 0.25) is 10.0 Å². The van der Waals surface area contributed by atoms with Crippen LogP contribution in [0, 0.1) is 0 Å². The van der Waals surface area contributed by atoms with Gasteiger partial charge in [-0.15, -0.1) is 0 Å². The van der Waals surface area contributed by atoms with Crippen LogP contribution in [-0.2, 0) is 14.8 Å². The van der Waals surface area contributed by atoms with Crippen molar-refractivity contribution < 1.29 is 18.3 Å². The van der Waals surface area contributed by atoms with Crippen molar-refractivity contribution in [2.45, 2.75) is 25.8 Å². The van der Waals surface area contributed by atoms with Gasteiger partial charge in [0.25, 0.3) is 0 Å². The molecule has 1 rings (SSSR count). The van der Waals surface area contributed by atoms with Crippen molar-refractivity contribution in [3.05, 3.63) is 0 Å². The van der Waals surface area contributed by atoms with E-state index in [4.69, 9.17) is 0 Å². The van der Waals surface area contributed by atoms with E-state index in [1.54, 1.807) is 0 Å². The highest BCUT2D eigenvalue weighted by atomic mass is 32.2. The minimum absolute atomic E-state index is 0.0587. The van der Waals surface area contributed by atoms with Crippen LogP contribution >= 0.6 is 0 Å². The number of sulfonamides is 1. The Morgan fingerprint density at radius 2 is 2.23 bits per heavy atom. The van der Waals surface area contributed by atoms with Crippen LogP contribution in [0.3, 0.4) is 0 Å². The normalized spacial score (nSPS) is 24.8. The van der Waals surface area contributed by atoms with Gasteiger partial charge in [-0.2, -0.15) is 4.31 Å². The lowest BCUT2D eigenvalue weighted by Crippen LogP contribution is -2.47. The molecule has 0 saturated carbocycles. The Bertz CT molecular complexity index is 298. The number of hydrogen-bond acceptors (Lipinski definition) is 4. The van der Waals surface area contributed by atoms with Gasteiger partial charge in [0.1, 0.15) is 0 Å². The van der Waals surface area contributed by atoms with E-state index >= 15 is 0 Å². The van der Waals surface area contributed by atoms with E-state index in [9.17, 15) is 18.3 Å². The molecule has 1 fully saturated rings. The van der Waals surface area contributed by atoms with Crippen molar-refractivity contribution in [1.29, 1.82) is 0 Å². The lowest BCUT2D eigenvalue weighted by atomic mass is 10.2. The van der Waals surface area contributed by atoms with E-state index in [2.05, 4.69) is 0 Å². The summed E-state index contributed by atoms with van der Waals surface area (Å²) in [4.78, 5) is 10.6. The van der Waals surface area contributed by atoms with Crippen LogP contribution in [0.25, 0.3) is 0 Å². The van der Waals surface area contributed by atoms with E-state index in [1.165, 1.54) is 6.92 Å². The number of hydrogen-bond donors (Lipinski definition) is 0. The Kier molecular flexibility index (Phi) is 2.92. The van der Waals surface area contributed by atoms with Crippen LogP contribution < -0.4 is 5.11 Å². The maximum Gasteiger partial charge on any atom is 0.214 e. The lowest BCUT2D eigenvalue weighted by molar-refractivity contribution is -0.309. The molecule has 1 saturated heterocycles. The fourth-order valence-electron chi connectivity index (χ4n) is 1.47. The zero-order valence-electron chi connectivity index (χ0n) is 7.39. The molecule has 13 heavy (non-hydrogen) atoms. The maximum absolute atomic E-state index is 11.4. The van der Waals surface area contributed by atoms with Gasteiger partial charge in [-0.3, -0.25) is 0 Å². The molecule has 0 aromatic heterocycles. The largest absolute Gasteiger partial charge is 0.548 e. The highest BCUT2D eigenvalue weighted by molar-refractivity contribution is 7.89. The molecule has 6 heteroatoms. The molecule has 5 nitrogen and oxygen atoms in total. The third-order valence-electron chi connectivity index (χ3n) is 2.20. The molecule has 0 aliphatic carbocycles. The first-order valence-corrected chi connectivity index (χ1v) is 5.80. The molecule has 0 unspecified atom stereocenters. The van der Waals surface area contributed by atoms with Crippen LogP contribution in [0.2, 0.25) is 0 Å². The smallest absolute Gasteiger partial charge is 0.214 e. The summed E-state index contributed by atoms with van der Waals surface area (Å²) in [7, 11) is -3.38. The SMILES string of the molecule is CCS(=O)(=O)N1CCC[C@H]1C(=O)[O-]. The van der Waals surface area contributed by atoms with Gasteiger partial charge in [-0.05, 0) is 19.8 Å². The van der Waals surface area contributed by atoms with Crippen molar-refractivity contribution >= 4 is 16.0 Å². The van der Waals surface area contributed by atoms with Gasteiger partial charge in [0.15, 0.2) is 0 Å². The first-order valence-electron chi connectivity index (χ1n) is 4.19. The van der Waals surface area contributed by atoms with Crippen LogP contribution in [0.5, 0.6) is 0 Å². The summed E-state index contributed by atoms with van der Waals surface area (Å²) >= 11 is 0. The van der Waals surface area contributed by atoms with E-state index in [-0.39, 0.29) is 5.75 Å². The molecule has 0 spiro atoms. The van der Waals surface area contributed by atoms with Crippen LogP contribution in [-0.4, -0.2) is 37.0 Å². The molecular weight excluding hydrogens is 194 g/mol. The van der Waals surface area contributed by atoms with Crippen LogP contribution in [0.1, 0.15) is 19.8 Å². The molecule has 1 aliphatic heterocycles. The monoisotopic (exact) mass is 206 g/mol. The molecular formula is C7H12NO4S-. The maximum atomic E-state index is 11.4. The average Bonchev–Trinajstić information content (AvgIpc) is 2.52. The highest BCUT2D eigenvalue weighted by Crippen LogP contribution is 2.20. The first-order chi connectivity index (χ1) is 5.99. The third-order valence-corrected chi connectivity index (χ3v) is 4.08. The standard InChI is InChI=1S/C7H13NO4S/c1-2-13(11,12)8-5-3-4-6(8)7(9)10/h6H,2-5H2,1H3,(H,9,10)/p-1/t6-/m0/s1. The van der Waals surface area contributed by atoms with E-state index in [0.717, 1.165) is 4.31 Å². The molecule has 0 amide bonds. The van der Waals surface area contributed by atoms with Crippen LogP contribution in [0.15, 0.2) is 0 Å². The Morgan fingerprint density at radius 1 is 1.62 bits per heavy atom. The van der Waals surface area contributed by atoms with E-state index in [0.29, 0.717) is 19.4 Å². The van der Waals surface area contributed by atoms with Gasteiger partial charge in [0.05, 0.1) is 17.8 Å². The quantitative estimate of drug-likeness (QED) is 0.566. The van der Waals surface area contributed by atoms with Crippen molar-refractivity contribution in [1.82, 2.24) is 4.31 Å². The van der Waals surface area contributed by atoms with Crippen molar-refractivity contribution in [2.24, 2.45) is 0 Å². The number of carbonyl (C=O) groups excluding carboxylic acids is 1. The molecule has 1 atom stereocenters.